The second kappa shape index (κ2) is 2.97. The molecular formula is C7H10OS. The fourth-order valence-corrected chi connectivity index (χ4v) is 2.02. The van der Waals surface area contributed by atoms with Crippen LogP contribution in [0.2, 0.25) is 0 Å². The molecule has 1 nitrogen and oxygen atoms in total. The molecule has 0 fully saturated rings. The van der Waals surface area contributed by atoms with Crippen LogP contribution in [-0.2, 0) is 4.79 Å². The molecule has 1 atom stereocenters. The van der Waals surface area contributed by atoms with E-state index in [0.717, 1.165) is 23.3 Å². The van der Waals surface area contributed by atoms with Crippen molar-refractivity contribution in [1.82, 2.24) is 0 Å². The van der Waals surface area contributed by atoms with E-state index in [0.29, 0.717) is 0 Å². The number of allylic oxidation sites excluding steroid dienone is 2. The van der Waals surface area contributed by atoms with Crippen molar-refractivity contribution in [2.24, 2.45) is 0 Å². The fraction of sp³-hybridized carbons (Fsp3) is 0.429. The molecule has 2 heteroatoms. The highest BCUT2D eigenvalue weighted by atomic mass is 32.2. The molecule has 0 radical (unpaired) electrons. The largest absolute Gasteiger partial charge is 0.297 e. The number of rotatable bonds is 1. The van der Waals surface area contributed by atoms with Crippen LogP contribution in [0, 0.1) is 0 Å². The Hall–Kier alpha value is -0.370. The molecule has 0 aromatic carbocycles. The topological polar surface area (TPSA) is 17.1 Å². The first-order valence-corrected chi connectivity index (χ1v) is 4.76. The third-order valence-electron chi connectivity index (χ3n) is 1.39. The normalized spacial score (nSPS) is 26.3. The summed E-state index contributed by atoms with van der Waals surface area (Å²) in [5, 5.41) is 0. The average molecular weight is 142 g/mol. The standard InChI is InChI=1S/C7H10OS/c1-9-5-3-2-4-7(9)6-8/h2,4,6H,3,5H2,1H3. The van der Waals surface area contributed by atoms with E-state index in [1.54, 1.807) is 0 Å². The zero-order valence-corrected chi connectivity index (χ0v) is 6.28. The Kier molecular flexibility index (Phi) is 2.22. The second-order valence-electron chi connectivity index (χ2n) is 2.05. The maximum Gasteiger partial charge on any atom is 0.155 e. The number of carbonyl (C=O) groups is 1. The van der Waals surface area contributed by atoms with Gasteiger partial charge in [-0.25, -0.2) is 0 Å². The van der Waals surface area contributed by atoms with Gasteiger partial charge in [-0.1, -0.05) is 12.2 Å². The summed E-state index contributed by atoms with van der Waals surface area (Å²) in [7, 11) is 0.234. The van der Waals surface area contributed by atoms with Gasteiger partial charge in [0.2, 0.25) is 0 Å². The van der Waals surface area contributed by atoms with Gasteiger partial charge in [-0.3, -0.25) is 4.79 Å². The highest BCUT2D eigenvalue weighted by Crippen LogP contribution is 2.15. The average Bonchev–Trinajstić information content (AvgIpc) is 1.89. The second-order valence-corrected chi connectivity index (χ2v) is 4.21. The maximum atomic E-state index is 10.3. The SMILES string of the molecule is CS1=C(C=O)C=CCC1. The van der Waals surface area contributed by atoms with Crippen LogP contribution in [0.4, 0.5) is 0 Å². The van der Waals surface area contributed by atoms with E-state index in [9.17, 15) is 4.79 Å². The van der Waals surface area contributed by atoms with Crippen molar-refractivity contribution >= 4 is 21.6 Å². The summed E-state index contributed by atoms with van der Waals surface area (Å²) in [6.45, 7) is 0. The van der Waals surface area contributed by atoms with Crippen molar-refractivity contribution in [3.05, 3.63) is 12.2 Å². The molecule has 1 rings (SSSR count). The maximum absolute atomic E-state index is 10.3. The Balaban J connectivity index is 2.84. The summed E-state index contributed by atoms with van der Waals surface area (Å²) in [5.74, 6) is 1.16. The molecule has 0 spiro atoms. The summed E-state index contributed by atoms with van der Waals surface area (Å²) in [5.41, 5.74) is 0. The Labute approximate surface area is 57.7 Å². The number of carbonyl (C=O) groups excluding carboxylic acids is 1. The van der Waals surface area contributed by atoms with E-state index in [-0.39, 0.29) is 10.5 Å². The summed E-state index contributed by atoms with van der Waals surface area (Å²) < 4.78 is 0. The zero-order chi connectivity index (χ0) is 6.69. The predicted octanol–water partition coefficient (Wildman–Crippen LogP) is 1.22. The first-order chi connectivity index (χ1) is 4.34. The van der Waals surface area contributed by atoms with E-state index in [4.69, 9.17) is 0 Å². The van der Waals surface area contributed by atoms with Gasteiger partial charge in [-0.15, -0.1) is 0 Å². The predicted molar refractivity (Wildman–Crippen MR) is 43.2 cm³/mol. The van der Waals surface area contributed by atoms with Crippen LogP contribution >= 0.6 is 10.5 Å². The molecule has 1 aliphatic rings. The molecule has 1 unspecified atom stereocenters. The van der Waals surface area contributed by atoms with Crippen LogP contribution in [0.5, 0.6) is 0 Å². The third kappa shape index (κ3) is 1.52. The van der Waals surface area contributed by atoms with Crippen molar-refractivity contribution in [2.75, 3.05) is 12.0 Å². The number of hydrogen-bond donors (Lipinski definition) is 0. The molecule has 9 heavy (non-hydrogen) atoms. The lowest BCUT2D eigenvalue weighted by molar-refractivity contribution is -0.102. The van der Waals surface area contributed by atoms with Crippen molar-refractivity contribution in [3.8, 4) is 0 Å². The van der Waals surface area contributed by atoms with Crippen molar-refractivity contribution in [2.45, 2.75) is 6.42 Å². The van der Waals surface area contributed by atoms with Gasteiger partial charge in [0.25, 0.3) is 0 Å². The first kappa shape index (κ1) is 6.75. The quantitative estimate of drug-likeness (QED) is 0.397. The summed E-state index contributed by atoms with van der Waals surface area (Å²) in [4.78, 5) is 11.3. The third-order valence-corrected chi connectivity index (χ3v) is 3.28. The minimum Gasteiger partial charge on any atom is -0.297 e. The van der Waals surface area contributed by atoms with E-state index < -0.39 is 0 Å². The Morgan fingerprint density at radius 2 is 2.56 bits per heavy atom. The van der Waals surface area contributed by atoms with Crippen LogP contribution in [-0.4, -0.2) is 23.2 Å². The van der Waals surface area contributed by atoms with Gasteiger partial charge >= 0.3 is 0 Å². The minimum absolute atomic E-state index is 0.234. The molecule has 0 saturated carbocycles. The van der Waals surface area contributed by atoms with Gasteiger partial charge in [-0.05, 0) is 18.4 Å². The van der Waals surface area contributed by atoms with Gasteiger partial charge in [0.1, 0.15) is 0 Å². The molecule has 0 bridgehead atoms. The number of hydrogen-bond acceptors (Lipinski definition) is 1. The molecule has 1 aliphatic heterocycles. The van der Waals surface area contributed by atoms with E-state index in [1.807, 2.05) is 6.08 Å². The van der Waals surface area contributed by atoms with Crippen LogP contribution in [0.25, 0.3) is 0 Å². The van der Waals surface area contributed by atoms with Crippen LogP contribution in [0.3, 0.4) is 0 Å². The van der Waals surface area contributed by atoms with E-state index in [2.05, 4.69) is 12.3 Å². The van der Waals surface area contributed by atoms with Gasteiger partial charge in [0.15, 0.2) is 6.29 Å². The molecule has 50 valence electrons. The van der Waals surface area contributed by atoms with Gasteiger partial charge in [-0.2, -0.15) is 10.5 Å². The smallest absolute Gasteiger partial charge is 0.155 e. The Bertz CT molecular complexity index is 179. The van der Waals surface area contributed by atoms with E-state index in [1.165, 1.54) is 0 Å². The molecular weight excluding hydrogens is 132 g/mol. The number of aldehydes is 1. The Morgan fingerprint density at radius 1 is 1.78 bits per heavy atom. The summed E-state index contributed by atoms with van der Waals surface area (Å²) >= 11 is 0. The first-order valence-electron chi connectivity index (χ1n) is 2.96. The summed E-state index contributed by atoms with van der Waals surface area (Å²) in [6.07, 6.45) is 8.24. The fourth-order valence-electron chi connectivity index (χ4n) is 0.800. The molecule has 0 N–H and O–H groups in total. The van der Waals surface area contributed by atoms with Crippen molar-refractivity contribution in [1.29, 1.82) is 0 Å². The lowest BCUT2D eigenvalue weighted by Crippen LogP contribution is -2.01. The highest BCUT2D eigenvalue weighted by molar-refractivity contribution is 8.16. The van der Waals surface area contributed by atoms with Crippen LogP contribution in [0.1, 0.15) is 6.42 Å². The van der Waals surface area contributed by atoms with Crippen LogP contribution in [0.15, 0.2) is 12.2 Å². The monoisotopic (exact) mass is 142 g/mol. The molecule has 0 saturated heterocycles. The lowest BCUT2D eigenvalue weighted by atomic mass is 10.3. The van der Waals surface area contributed by atoms with Crippen LogP contribution < -0.4 is 0 Å². The molecule has 0 aliphatic carbocycles. The molecule has 0 amide bonds. The Morgan fingerprint density at radius 3 is 3.00 bits per heavy atom. The molecule has 0 aromatic heterocycles. The molecule has 0 aromatic rings. The highest BCUT2D eigenvalue weighted by Gasteiger charge is 1.99. The van der Waals surface area contributed by atoms with E-state index >= 15 is 0 Å². The lowest BCUT2D eigenvalue weighted by Gasteiger charge is -2.06. The zero-order valence-electron chi connectivity index (χ0n) is 5.46. The van der Waals surface area contributed by atoms with Crippen molar-refractivity contribution in [3.63, 3.8) is 0 Å². The molecule has 1 heterocycles. The van der Waals surface area contributed by atoms with Gasteiger partial charge in [0, 0.05) is 4.86 Å². The summed E-state index contributed by atoms with van der Waals surface area (Å²) in [6, 6.07) is 0. The van der Waals surface area contributed by atoms with Gasteiger partial charge < -0.3 is 0 Å². The van der Waals surface area contributed by atoms with Gasteiger partial charge in [0.05, 0.1) is 0 Å². The minimum atomic E-state index is 0.234. The van der Waals surface area contributed by atoms with Crippen molar-refractivity contribution < 1.29 is 4.79 Å².